The second kappa shape index (κ2) is 7.17. The molecule has 0 amide bonds. The second-order valence-corrected chi connectivity index (χ2v) is 8.91. The van der Waals surface area contributed by atoms with Crippen molar-refractivity contribution >= 4 is 22.6 Å². The number of aliphatic hydroxyl groups is 1. The number of carbonyl (C=O) groups excluding carboxylic acids is 1. The molecule has 0 fully saturated rings. The van der Waals surface area contributed by atoms with E-state index < -0.39 is 11.6 Å². The standard InChI is InChI=1S/C25H27N3O4/c1-5-15-16-9-14(26-13(3)4)7-8-20(16)27-22-17(15)11-28-21(22)10-19-18(23(28)29)12-32-24(30)25(19,31)6-2/h7-10,13,26,31H,5-6,11-12H2,1-4H3/t25-/m0/s1. The van der Waals surface area contributed by atoms with E-state index >= 15 is 0 Å². The Balaban J connectivity index is 1.76. The Hall–Kier alpha value is -3.19. The summed E-state index contributed by atoms with van der Waals surface area (Å²) in [4.78, 5) is 30.6. The zero-order valence-corrected chi connectivity index (χ0v) is 18.8. The molecule has 4 heterocycles. The minimum Gasteiger partial charge on any atom is -0.458 e. The minimum absolute atomic E-state index is 0.119. The average molecular weight is 434 g/mol. The van der Waals surface area contributed by atoms with Crippen molar-refractivity contribution < 1.29 is 14.6 Å². The third kappa shape index (κ3) is 2.80. The molecule has 0 saturated heterocycles. The quantitative estimate of drug-likeness (QED) is 0.479. The van der Waals surface area contributed by atoms with Gasteiger partial charge in [0.05, 0.1) is 29.0 Å². The number of ether oxygens (including phenoxy) is 1. The molecule has 2 aliphatic heterocycles. The van der Waals surface area contributed by atoms with Gasteiger partial charge in [-0.15, -0.1) is 0 Å². The first-order valence-electron chi connectivity index (χ1n) is 11.2. The Kier molecular flexibility index (Phi) is 4.64. The molecule has 0 bridgehead atoms. The van der Waals surface area contributed by atoms with Crippen LogP contribution in [0.2, 0.25) is 0 Å². The number of benzene rings is 1. The van der Waals surface area contributed by atoms with Crippen molar-refractivity contribution in [3.8, 4) is 11.4 Å². The molecular formula is C25H27N3O4. The summed E-state index contributed by atoms with van der Waals surface area (Å²) in [6.45, 7) is 8.32. The molecule has 7 heteroatoms. The van der Waals surface area contributed by atoms with E-state index in [2.05, 4.69) is 32.2 Å². The van der Waals surface area contributed by atoms with Gasteiger partial charge >= 0.3 is 5.97 Å². The lowest BCUT2D eigenvalue weighted by atomic mass is 9.86. The van der Waals surface area contributed by atoms with Gasteiger partial charge in [-0.1, -0.05) is 13.8 Å². The number of rotatable bonds is 4. The fourth-order valence-corrected chi connectivity index (χ4v) is 4.99. The van der Waals surface area contributed by atoms with E-state index in [9.17, 15) is 14.7 Å². The van der Waals surface area contributed by atoms with Crippen LogP contribution in [0, 0.1) is 0 Å². The van der Waals surface area contributed by atoms with Crippen molar-refractivity contribution in [3.63, 3.8) is 0 Å². The smallest absolute Gasteiger partial charge is 0.343 e. The van der Waals surface area contributed by atoms with Crippen LogP contribution in [0.1, 0.15) is 56.4 Å². The molecule has 5 rings (SSSR count). The van der Waals surface area contributed by atoms with Crippen LogP contribution >= 0.6 is 0 Å². The van der Waals surface area contributed by atoms with E-state index in [1.165, 1.54) is 0 Å². The highest BCUT2D eigenvalue weighted by Gasteiger charge is 2.45. The zero-order valence-electron chi connectivity index (χ0n) is 18.8. The van der Waals surface area contributed by atoms with Gasteiger partial charge in [-0.3, -0.25) is 4.79 Å². The molecular weight excluding hydrogens is 406 g/mol. The van der Waals surface area contributed by atoms with Crippen LogP contribution in [0.4, 0.5) is 5.69 Å². The third-order valence-corrected chi connectivity index (χ3v) is 6.61. The monoisotopic (exact) mass is 433 g/mol. The van der Waals surface area contributed by atoms with Gasteiger partial charge in [0.1, 0.15) is 6.61 Å². The van der Waals surface area contributed by atoms with Crippen molar-refractivity contribution in [1.82, 2.24) is 9.55 Å². The number of aryl methyl sites for hydroxylation is 1. The van der Waals surface area contributed by atoms with Crippen LogP contribution in [-0.4, -0.2) is 26.7 Å². The topological polar surface area (TPSA) is 93.5 Å². The molecule has 1 atom stereocenters. The lowest BCUT2D eigenvalue weighted by Gasteiger charge is -2.31. The van der Waals surface area contributed by atoms with Gasteiger partial charge in [0.15, 0.2) is 5.60 Å². The normalized spacial score (nSPS) is 19.0. The molecule has 2 aliphatic rings. The highest BCUT2D eigenvalue weighted by molar-refractivity contribution is 5.91. The lowest BCUT2D eigenvalue weighted by molar-refractivity contribution is -0.172. The Morgan fingerprint density at radius 3 is 2.69 bits per heavy atom. The van der Waals surface area contributed by atoms with Crippen molar-refractivity contribution in [3.05, 3.63) is 56.9 Å². The second-order valence-electron chi connectivity index (χ2n) is 8.91. The summed E-state index contributed by atoms with van der Waals surface area (Å²) < 4.78 is 6.85. The van der Waals surface area contributed by atoms with Gasteiger partial charge < -0.3 is 19.7 Å². The van der Waals surface area contributed by atoms with Gasteiger partial charge in [-0.05, 0) is 56.5 Å². The van der Waals surface area contributed by atoms with Crippen LogP contribution in [-0.2, 0) is 34.7 Å². The maximum absolute atomic E-state index is 13.4. The summed E-state index contributed by atoms with van der Waals surface area (Å²) in [6.07, 6.45) is 0.932. The van der Waals surface area contributed by atoms with Crippen LogP contribution in [0.25, 0.3) is 22.3 Å². The first kappa shape index (κ1) is 20.7. The summed E-state index contributed by atoms with van der Waals surface area (Å²) in [5.74, 6) is -0.707. The predicted molar refractivity (Wildman–Crippen MR) is 123 cm³/mol. The van der Waals surface area contributed by atoms with Gasteiger partial charge in [0, 0.05) is 28.2 Å². The molecule has 32 heavy (non-hydrogen) atoms. The number of nitrogens with one attached hydrogen (secondary N) is 1. The molecule has 166 valence electrons. The summed E-state index contributed by atoms with van der Waals surface area (Å²) >= 11 is 0. The van der Waals surface area contributed by atoms with E-state index in [0.29, 0.717) is 29.4 Å². The van der Waals surface area contributed by atoms with Crippen molar-refractivity contribution in [1.29, 1.82) is 0 Å². The Bertz CT molecular complexity index is 1340. The van der Waals surface area contributed by atoms with E-state index in [1.54, 1.807) is 17.6 Å². The van der Waals surface area contributed by atoms with E-state index in [1.807, 2.05) is 12.1 Å². The molecule has 0 aliphatic carbocycles. The molecule has 7 nitrogen and oxygen atoms in total. The highest BCUT2D eigenvalue weighted by Crippen LogP contribution is 2.40. The number of esters is 1. The van der Waals surface area contributed by atoms with Crippen molar-refractivity contribution in [2.24, 2.45) is 0 Å². The van der Waals surface area contributed by atoms with Crippen molar-refractivity contribution in [2.45, 2.75) is 65.3 Å². The van der Waals surface area contributed by atoms with Crippen molar-refractivity contribution in [2.75, 3.05) is 5.32 Å². The molecule has 0 unspecified atom stereocenters. The average Bonchev–Trinajstić information content (AvgIpc) is 3.13. The molecule has 2 aromatic heterocycles. The summed E-state index contributed by atoms with van der Waals surface area (Å²) in [7, 11) is 0. The number of carbonyl (C=O) groups is 1. The predicted octanol–water partition coefficient (Wildman–Crippen LogP) is 3.46. The Morgan fingerprint density at radius 2 is 2.00 bits per heavy atom. The van der Waals surface area contributed by atoms with Gasteiger partial charge in [0.25, 0.3) is 5.56 Å². The lowest BCUT2D eigenvalue weighted by Crippen LogP contribution is -2.44. The highest BCUT2D eigenvalue weighted by atomic mass is 16.6. The van der Waals surface area contributed by atoms with Gasteiger partial charge in [-0.25, -0.2) is 9.78 Å². The molecule has 0 radical (unpaired) electrons. The molecule has 2 N–H and O–H groups in total. The summed E-state index contributed by atoms with van der Waals surface area (Å²) in [5, 5.41) is 15.5. The number of hydrogen-bond acceptors (Lipinski definition) is 6. The maximum atomic E-state index is 13.4. The molecule has 0 spiro atoms. The number of aromatic nitrogens is 2. The number of pyridine rings is 2. The molecule has 1 aromatic carbocycles. The first-order valence-corrected chi connectivity index (χ1v) is 11.2. The summed E-state index contributed by atoms with van der Waals surface area (Å²) in [5.41, 5.74) is 4.12. The first-order chi connectivity index (χ1) is 15.3. The maximum Gasteiger partial charge on any atom is 0.343 e. The zero-order chi connectivity index (χ0) is 22.8. The Morgan fingerprint density at radius 1 is 1.22 bits per heavy atom. The largest absolute Gasteiger partial charge is 0.458 e. The number of hydrogen-bond donors (Lipinski definition) is 2. The summed E-state index contributed by atoms with van der Waals surface area (Å²) in [6, 6.07) is 8.22. The third-order valence-electron chi connectivity index (χ3n) is 6.61. The van der Waals surface area contributed by atoms with Crippen LogP contribution in [0.5, 0.6) is 0 Å². The van der Waals surface area contributed by atoms with E-state index in [4.69, 9.17) is 9.72 Å². The van der Waals surface area contributed by atoms with E-state index in [0.717, 1.165) is 39.8 Å². The number of cyclic esters (lactones) is 1. The number of nitrogens with zero attached hydrogens (tertiary/aromatic N) is 2. The molecule has 0 saturated carbocycles. The number of fused-ring (bicyclic) bond motifs is 5. The van der Waals surface area contributed by atoms with Crippen LogP contribution in [0.15, 0.2) is 29.1 Å². The van der Waals surface area contributed by atoms with Crippen LogP contribution < -0.4 is 10.9 Å². The fraction of sp³-hybridized carbons (Fsp3) is 0.400. The SMILES string of the molecule is CCc1c2c(nc3ccc(NC(C)C)cc13)-c1cc3c(c(=O)n1C2)COC(=O)[C@]3(O)CC. The van der Waals surface area contributed by atoms with Gasteiger partial charge in [0.2, 0.25) is 0 Å². The van der Waals surface area contributed by atoms with Gasteiger partial charge in [-0.2, -0.15) is 0 Å². The van der Waals surface area contributed by atoms with E-state index in [-0.39, 0.29) is 18.6 Å². The van der Waals surface area contributed by atoms with Crippen LogP contribution in [0.3, 0.4) is 0 Å². The molecule has 3 aromatic rings. The number of anilines is 1. The fourth-order valence-electron chi connectivity index (χ4n) is 4.99. The minimum atomic E-state index is -1.81. The Labute approximate surface area is 186 Å².